The summed E-state index contributed by atoms with van der Waals surface area (Å²) < 4.78 is 0. The smallest absolute Gasteiger partial charge is 0.115 e. The zero-order valence-electron chi connectivity index (χ0n) is 14.4. The fourth-order valence-electron chi connectivity index (χ4n) is 3.67. The maximum Gasteiger partial charge on any atom is 0.115 e. The summed E-state index contributed by atoms with van der Waals surface area (Å²) in [5, 5.41) is 12.1. The number of hydrogen-bond donors (Lipinski definition) is 1. The monoisotopic (exact) mass is 342 g/mol. The molecular weight excluding hydrogens is 316 g/mol. The molecule has 0 bridgehead atoms. The Balaban J connectivity index is 1.93. The molecular formula is C20H26N2OS. The maximum absolute atomic E-state index is 9.95. The van der Waals surface area contributed by atoms with Gasteiger partial charge in [-0.1, -0.05) is 24.3 Å². The van der Waals surface area contributed by atoms with Crippen LogP contribution >= 0.6 is 11.3 Å². The van der Waals surface area contributed by atoms with Gasteiger partial charge >= 0.3 is 0 Å². The molecule has 3 rings (SSSR count). The summed E-state index contributed by atoms with van der Waals surface area (Å²) in [6.07, 6.45) is 1.99. The predicted molar refractivity (Wildman–Crippen MR) is 102 cm³/mol. The Hall–Kier alpha value is -1.62. The van der Waals surface area contributed by atoms with E-state index in [9.17, 15) is 5.11 Å². The fraction of sp³-hybridized carbons (Fsp3) is 0.400. The van der Waals surface area contributed by atoms with Crippen LogP contribution in [0.4, 0.5) is 0 Å². The number of nitrogens with zero attached hydrogens (tertiary/aromatic N) is 2. The Bertz CT molecular complexity index is 670. The van der Waals surface area contributed by atoms with Gasteiger partial charge in [0, 0.05) is 36.6 Å². The molecule has 128 valence electrons. The van der Waals surface area contributed by atoms with E-state index in [1.54, 1.807) is 17.4 Å². The lowest BCUT2D eigenvalue weighted by Crippen LogP contribution is -2.57. The van der Waals surface area contributed by atoms with Crippen molar-refractivity contribution in [3.63, 3.8) is 0 Å². The topological polar surface area (TPSA) is 26.7 Å². The van der Waals surface area contributed by atoms with Gasteiger partial charge in [0.1, 0.15) is 5.75 Å². The summed E-state index contributed by atoms with van der Waals surface area (Å²) in [5.74, 6) is 0.333. The number of piperazine rings is 1. The summed E-state index contributed by atoms with van der Waals surface area (Å²) in [6.45, 7) is 11.5. The molecule has 1 fully saturated rings. The van der Waals surface area contributed by atoms with Crippen molar-refractivity contribution in [3.05, 3.63) is 64.9 Å². The second kappa shape index (κ2) is 7.51. The first-order valence-electron chi connectivity index (χ1n) is 8.53. The predicted octanol–water partition coefficient (Wildman–Crippen LogP) is 4.12. The summed E-state index contributed by atoms with van der Waals surface area (Å²) in [7, 11) is 0. The minimum Gasteiger partial charge on any atom is -0.508 e. The van der Waals surface area contributed by atoms with Crippen LogP contribution in [0.3, 0.4) is 0 Å². The number of phenols is 1. The lowest BCUT2D eigenvalue weighted by Gasteiger charge is -2.47. The van der Waals surface area contributed by atoms with E-state index >= 15 is 0 Å². The van der Waals surface area contributed by atoms with Gasteiger partial charge in [-0.25, -0.2) is 0 Å². The molecule has 3 nitrogen and oxygen atoms in total. The molecule has 1 aliphatic heterocycles. The summed E-state index contributed by atoms with van der Waals surface area (Å²) >= 11 is 1.79. The number of phenolic OH excluding ortho intramolecular Hbond substituents is 1. The van der Waals surface area contributed by atoms with Gasteiger partial charge in [0.25, 0.3) is 0 Å². The first-order valence-corrected chi connectivity index (χ1v) is 9.41. The van der Waals surface area contributed by atoms with Gasteiger partial charge in [-0.3, -0.25) is 9.80 Å². The highest BCUT2D eigenvalue weighted by atomic mass is 32.1. The number of rotatable bonds is 5. The third-order valence-electron chi connectivity index (χ3n) is 4.86. The minimum absolute atomic E-state index is 0.195. The van der Waals surface area contributed by atoms with Crippen LogP contribution < -0.4 is 0 Å². The zero-order chi connectivity index (χ0) is 17.1. The van der Waals surface area contributed by atoms with Gasteiger partial charge in [-0.2, -0.15) is 0 Å². The normalized spacial score (nSPS) is 23.9. The Morgan fingerprint density at radius 2 is 2.08 bits per heavy atom. The molecule has 0 amide bonds. The van der Waals surface area contributed by atoms with Crippen molar-refractivity contribution in [3.8, 4) is 5.75 Å². The van der Waals surface area contributed by atoms with Crippen molar-refractivity contribution in [2.45, 2.75) is 32.0 Å². The van der Waals surface area contributed by atoms with Crippen LogP contribution in [0, 0.1) is 0 Å². The summed E-state index contributed by atoms with van der Waals surface area (Å²) in [4.78, 5) is 6.39. The van der Waals surface area contributed by atoms with Gasteiger partial charge in [0.05, 0.1) is 6.04 Å². The second-order valence-corrected chi connectivity index (χ2v) is 7.63. The second-order valence-electron chi connectivity index (χ2n) is 6.65. The van der Waals surface area contributed by atoms with Crippen LogP contribution in [0.1, 0.15) is 30.3 Å². The van der Waals surface area contributed by atoms with Crippen molar-refractivity contribution in [1.29, 1.82) is 0 Å². The van der Waals surface area contributed by atoms with Gasteiger partial charge < -0.3 is 5.11 Å². The molecule has 0 spiro atoms. The highest BCUT2D eigenvalue weighted by Crippen LogP contribution is 2.36. The van der Waals surface area contributed by atoms with Gasteiger partial charge in [0.15, 0.2) is 0 Å². The first kappa shape index (κ1) is 17.2. The SMILES string of the molecule is C=CCN1C[C@H](C)N([C@@H](c2cccc(O)c2)c2cccs2)C[C@H]1C. The average molecular weight is 343 g/mol. The third-order valence-corrected chi connectivity index (χ3v) is 5.78. The van der Waals surface area contributed by atoms with Crippen molar-refractivity contribution < 1.29 is 5.11 Å². The first-order chi connectivity index (χ1) is 11.6. The Labute approximate surface area is 148 Å². The van der Waals surface area contributed by atoms with E-state index in [1.807, 2.05) is 18.2 Å². The molecule has 4 heteroatoms. The van der Waals surface area contributed by atoms with Crippen LogP contribution in [0.15, 0.2) is 54.4 Å². The molecule has 2 heterocycles. The molecule has 2 aromatic rings. The Morgan fingerprint density at radius 1 is 1.25 bits per heavy atom. The number of hydrogen-bond acceptors (Lipinski definition) is 4. The van der Waals surface area contributed by atoms with E-state index in [2.05, 4.69) is 53.8 Å². The largest absolute Gasteiger partial charge is 0.508 e. The molecule has 1 N–H and O–H groups in total. The van der Waals surface area contributed by atoms with Crippen molar-refractivity contribution >= 4 is 11.3 Å². The standard InChI is InChI=1S/C20H26N2OS/c1-4-10-21-13-16(3)22(14-15(21)2)20(19-9-6-11-24-19)17-7-5-8-18(23)12-17/h4-9,11-12,15-16,20,23H,1,10,13-14H2,2-3H3/t15-,16+,20+/m1/s1. The molecule has 0 saturated carbocycles. The van der Waals surface area contributed by atoms with E-state index < -0.39 is 0 Å². The van der Waals surface area contributed by atoms with E-state index in [-0.39, 0.29) is 6.04 Å². The Morgan fingerprint density at radius 3 is 2.75 bits per heavy atom. The zero-order valence-corrected chi connectivity index (χ0v) is 15.2. The molecule has 0 aliphatic carbocycles. The molecule has 1 aromatic carbocycles. The lowest BCUT2D eigenvalue weighted by molar-refractivity contribution is 0.0315. The van der Waals surface area contributed by atoms with Crippen LogP contribution in [0.2, 0.25) is 0 Å². The lowest BCUT2D eigenvalue weighted by atomic mass is 9.98. The minimum atomic E-state index is 0.195. The molecule has 1 saturated heterocycles. The quantitative estimate of drug-likeness (QED) is 0.828. The summed E-state index contributed by atoms with van der Waals surface area (Å²) in [6, 6.07) is 13.1. The fourth-order valence-corrected chi connectivity index (χ4v) is 4.54. The van der Waals surface area contributed by atoms with E-state index in [0.717, 1.165) is 25.2 Å². The molecule has 0 unspecified atom stereocenters. The summed E-state index contributed by atoms with van der Waals surface area (Å²) in [5.41, 5.74) is 1.16. The Kier molecular flexibility index (Phi) is 5.39. The number of aromatic hydroxyl groups is 1. The van der Waals surface area contributed by atoms with Crippen LogP contribution in [-0.4, -0.2) is 46.6 Å². The van der Waals surface area contributed by atoms with Crippen molar-refractivity contribution in [1.82, 2.24) is 9.80 Å². The van der Waals surface area contributed by atoms with Crippen molar-refractivity contribution in [2.75, 3.05) is 19.6 Å². The average Bonchev–Trinajstić information content (AvgIpc) is 3.06. The van der Waals surface area contributed by atoms with Crippen molar-refractivity contribution in [2.24, 2.45) is 0 Å². The number of thiophene rings is 1. The molecule has 0 radical (unpaired) electrons. The van der Waals surface area contributed by atoms with Gasteiger partial charge in [0.2, 0.25) is 0 Å². The third kappa shape index (κ3) is 3.56. The van der Waals surface area contributed by atoms with Crippen LogP contribution in [0.5, 0.6) is 5.75 Å². The maximum atomic E-state index is 9.95. The molecule has 1 aliphatic rings. The molecule has 1 aromatic heterocycles. The van der Waals surface area contributed by atoms with Gasteiger partial charge in [-0.05, 0) is 43.0 Å². The molecule has 24 heavy (non-hydrogen) atoms. The van der Waals surface area contributed by atoms with Crippen LogP contribution in [0.25, 0.3) is 0 Å². The van der Waals surface area contributed by atoms with E-state index in [4.69, 9.17) is 0 Å². The van der Waals surface area contributed by atoms with E-state index in [0.29, 0.717) is 17.8 Å². The number of benzene rings is 1. The van der Waals surface area contributed by atoms with E-state index in [1.165, 1.54) is 4.88 Å². The highest BCUT2D eigenvalue weighted by Gasteiger charge is 2.34. The molecule has 3 atom stereocenters. The van der Waals surface area contributed by atoms with Gasteiger partial charge in [-0.15, -0.1) is 17.9 Å². The van der Waals surface area contributed by atoms with Crippen LogP contribution in [-0.2, 0) is 0 Å². The highest BCUT2D eigenvalue weighted by molar-refractivity contribution is 7.10.